The summed E-state index contributed by atoms with van der Waals surface area (Å²) in [5.74, 6) is 0.664. The zero-order valence-electron chi connectivity index (χ0n) is 16.0. The van der Waals surface area contributed by atoms with Gasteiger partial charge in [0.25, 0.3) is 0 Å². The fourth-order valence-electron chi connectivity index (χ4n) is 3.39. The Labute approximate surface area is 162 Å². The molecule has 0 aliphatic heterocycles. The highest BCUT2D eigenvalue weighted by Gasteiger charge is 2.14. The predicted molar refractivity (Wildman–Crippen MR) is 112 cm³/mol. The lowest BCUT2D eigenvalue weighted by atomic mass is 9.88. The van der Waals surface area contributed by atoms with Crippen LogP contribution in [0.25, 0.3) is 22.3 Å². The van der Waals surface area contributed by atoms with Crippen LogP contribution in [-0.4, -0.2) is 6.61 Å². The number of hydrogen-bond acceptors (Lipinski definition) is 2. The smallest absolute Gasteiger partial charge is 0.137 e. The van der Waals surface area contributed by atoms with Gasteiger partial charge in [0.1, 0.15) is 11.8 Å². The maximum atomic E-state index is 9.62. The summed E-state index contributed by atoms with van der Waals surface area (Å²) < 4.78 is 5.74. The van der Waals surface area contributed by atoms with Crippen molar-refractivity contribution in [1.29, 1.82) is 5.26 Å². The molecule has 0 N–H and O–H groups in total. The molecule has 0 radical (unpaired) electrons. The summed E-state index contributed by atoms with van der Waals surface area (Å²) >= 11 is 0. The summed E-state index contributed by atoms with van der Waals surface area (Å²) in [6.07, 6.45) is 3.00. The maximum Gasteiger partial charge on any atom is 0.137 e. The highest BCUT2D eigenvalue weighted by molar-refractivity contribution is 5.86. The van der Waals surface area contributed by atoms with E-state index in [1.165, 1.54) is 22.3 Å². The summed E-state index contributed by atoms with van der Waals surface area (Å²) in [6.45, 7) is 4.88. The van der Waals surface area contributed by atoms with Crippen LogP contribution in [0, 0.1) is 11.3 Å². The normalized spacial score (nSPS) is 10.4. The van der Waals surface area contributed by atoms with Gasteiger partial charge >= 0.3 is 0 Å². The summed E-state index contributed by atoms with van der Waals surface area (Å²) in [5.41, 5.74) is 6.57. The molecule has 0 aliphatic carbocycles. The molecular formula is C25H25NO. The Balaban J connectivity index is 2.16. The second-order valence-electron chi connectivity index (χ2n) is 6.63. The molecule has 0 saturated carbocycles. The molecule has 0 spiro atoms. The van der Waals surface area contributed by atoms with E-state index in [2.05, 4.69) is 68.4 Å². The average molecular weight is 355 g/mol. The molecule has 3 rings (SSSR count). The summed E-state index contributed by atoms with van der Waals surface area (Å²) in [6, 6.07) is 25.2. The lowest BCUT2D eigenvalue weighted by Gasteiger charge is -2.17. The lowest BCUT2D eigenvalue weighted by molar-refractivity contribution is 0.316. The lowest BCUT2D eigenvalue weighted by Crippen LogP contribution is -1.98. The van der Waals surface area contributed by atoms with Gasteiger partial charge in [0, 0.05) is 0 Å². The Morgan fingerprint density at radius 1 is 0.852 bits per heavy atom. The topological polar surface area (TPSA) is 33.0 Å². The molecule has 27 heavy (non-hydrogen) atoms. The fourth-order valence-corrected chi connectivity index (χ4v) is 3.39. The van der Waals surface area contributed by atoms with Gasteiger partial charge < -0.3 is 4.74 Å². The molecule has 0 bridgehead atoms. The third-order valence-electron chi connectivity index (χ3n) is 4.61. The van der Waals surface area contributed by atoms with Crippen molar-refractivity contribution in [2.45, 2.75) is 33.1 Å². The van der Waals surface area contributed by atoms with Crippen LogP contribution in [0.1, 0.15) is 37.8 Å². The van der Waals surface area contributed by atoms with E-state index < -0.39 is 0 Å². The standard InChI is InChI=1S/C25H25NO/c1-3-9-20-12-8-13-23(19-10-6-5-7-11-19)25(20)21-14-15-24(27-16-4-2)22(17-21)18-26/h5-8,10-15,17H,3-4,9,16H2,1-2H3. The summed E-state index contributed by atoms with van der Waals surface area (Å²) in [7, 11) is 0. The molecule has 136 valence electrons. The number of aryl methyl sites for hydroxylation is 1. The molecular weight excluding hydrogens is 330 g/mol. The average Bonchev–Trinajstić information content (AvgIpc) is 2.73. The van der Waals surface area contributed by atoms with Crippen LogP contribution in [-0.2, 0) is 6.42 Å². The Hall–Kier alpha value is -3.05. The molecule has 0 unspecified atom stereocenters. The molecule has 2 nitrogen and oxygen atoms in total. The van der Waals surface area contributed by atoms with Gasteiger partial charge in [-0.3, -0.25) is 0 Å². The van der Waals surface area contributed by atoms with E-state index in [0.717, 1.165) is 24.8 Å². The first-order valence-electron chi connectivity index (χ1n) is 9.63. The van der Waals surface area contributed by atoms with Crippen molar-refractivity contribution in [3.63, 3.8) is 0 Å². The van der Waals surface area contributed by atoms with E-state index in [4.69, 9.17) is 4.74 Å². The molecule has 3 aromatic carbocycles. The molecule has 2 heteroatoms. The Morgan fingerprint density at radius 2 is 1.67 bits per heavy atom. The molecule has 0 fully saturated rings. The molecule has 0 aliphatic rings. The van der Waals surface area contributed by atoms with Crippen LogP contribution in [0.3, 0.4) is 0 Å². The van der Waals surface area contributed by atoms with Crippen molar-refractivity contribution >= 4 is 0 Å². The fraction of sp³-hybridized carbons (Fsp3) is 0.240. The molecule has 0 atom stereocenters. The Kier molecular flexibility index (Phi) is 6.28. The minimum Gasteiger partial charge on any atom is -0.492 e. The van der Waals surface area contributed by atoms with Gasteiger partial charge in [0.15, 0.2) is 0 Å². The molecule has 0 heterocycles. The monoisotopic (exact) mass is 355 g/mol. The second kappa shape index (κ2) is 9.05. The molecule has 0 saturated heterocycles. The van der Waals surface area contributed by atoms with Crippen molar-refractivity contribution in [3.8, 4) is 34.1 Å². The van der Waals surface area contributed by atoms with Crippen molar-refractivity contribution in [2.24, 2.45) is 0 Å². The van der Waals surface area contributed by atoms with E-state index >= 15 is 0 Å². The predicted octanol–water partition coefficient (Wildman–Crippen LogP) is 6.63. The number of nitriles is 1. The number of benzene rings is 3. The van der Waals surface area contributed by atoms with Gasteiger partial charge in [0.2, 0.25) is 0 Å². The van der Waals surface area contributed by atoms with E-state index in [1.54, 1.807) is 0 Å². The van der Waals surface area contributed by atoms with Gasteiger partial charge in [0.05, 0.1) is 12.2 Å². The van der Waals surface area contributed by atoms with Gasteiger partial charge in [-0.05, 0) is 52.8 Å². The quantitative estimate of drug-likeness (QED) is 0.476. The van der Waals surface area contributed by atoms with Crippen LogP contribution >= 0.6 is 0 Å². The van der Waals surface area contributed by atoms with Crippen molar-refractivity contribution in [3.05, 3.63) is 77.9 Å². The SMILES string of the molecule is CCCOc1ccc(-c2c(CCC)cccc2-c2ccccc2)cc1C#N. The Morgan fingerprint density at radius 3 is 2.37 bits per heavy atom. The van der Waals surface area contributed by atoms with Crippen molar-refractivity contribution in [1.82, 2.24) is 0 Å². The van der Waals surface area contributed by atoms with Crippen LogP contribution in [0.4, 0.5) is 0 Å². The van der Waals surface area contributed by atoms with E-state index in [1.807, 2.05) is 18.2 Å². The molecule has 0 aromatic heterocycles. The second-order valence-corrected chi connectivity index (χ2v) is 6.63. The number of nitrogens with zero attached hydrogens (tertiary/aromatic N) is 1. The minimum atomic E-state index is 0.589. The van der Waals surface area contributed by atoms with E-state index in [9.17, 15) is 5.26 Å². The summed E-state index contributed by atoms with van der Waals surface area (Å²) in [5, 5.41) is 9.62. The van der Waals surface area contributed by atoms with Crippen molar-refractivity contribution < 1.29 is 4.74 Å². The molecule has 0 amide bonds. The van der Waals surface area contributed by atoms with Crippen LogP contribution in [0.15, 0.2) is 66.7 Å². The van der Waals surface area contributed by atoms with Gasteiger partial charge in [-0.1, -0.05) is 74.9 Å². The van der Waals surface area contributed by atoms with Crippen LogP contribution in [0.5, 0.6) is 5.75 Å². The van der Waals surface area contributed by atoms with Gasteiger partial charge in [-0.15, -0.1) is 0 Å². The third-order valence-corrected chi connectivity index (χ3v) is 4.61. The first kappa shape index (κ1) is 18.7. The van der Waals surface area contributed by atoms with Gasteiger partial charge in [-0.25, -0.2) is 0 Å². The zero-order chi connectivity index (χ0) is 19.1. The van der Waals surface area contributed by atoms with E-state index in [-0.39, 0.29) is 0 Å². The number of hydrogen-bond donors (Lipinski definition) is 0. The van der Waals surface area contributed by atoms with E-state index in [0.29, 0.717) is 17.9 Å². The highest BCUT2D eigenvalue weighted by Crippen LogP contribution is 2.37. The minimum absolute atomic E-state index is 0.589. The first-order chi connectivity index (χ1) is 13.3. The summed E-state index contributed by atoms with van der Waals surface area (Å²) in [4.78, 5) is 0. The number of ether oxygens (including phenoxy) is 1. The van der Waals surface area contributed by atoms with Crippen LogP contribution < -0.4 is 4.74 Å². The largest absolute Gasteiger partial charge is 0.492 e. The Bertz CT molecular complexity index is 938. The first-order valence-corrected chi connectivity index (χ1v) is 9.63. The third kappa shape index (κ3) is 4.20. The van der Waals surface area contributed by atoms with Gasteiger partial charge in [-0.2, -0.15) is 5.26 Å². The zero-order valence-corrected chi connectivity index (χ0v) is 16.0. The maximum absolute atomic E-state index is 9.62. The highest BCUT2D eigenvalue weighted by atomic mass is 16.5. The molecule has 3 aromatic rings. The van der Waals surface area contributed by atoms with Crippen LogP contribution in [0.2, 0.25) is 0 Å². The van der Waals surface area contributed by atoms with Crippen molar-refractivity contribution in [2.75, 3.05) is 6.61 Å². The number of rotatable bonds is 7.